The van der Waals surface area contributed by atoms with E-state index >= 15 is 0 Å². The van der Waals surface area contributed by atoms with Crippen molar-refractivity contribution in [2.45, 2.75) is 17.2 Å². The molecule has 136 valence electrons. The van der Waals surface area contributed by atoms with Crippen LogP contribution in [-0.2, 0) is 22.4 Å². The highest BCUT2D eigenvalue weighted by Gasteiger charge is 2.33. The molecule has 0 atom stereocenters. The first-order chi connectivity index (χ1) is 11.3. The van der Waals surface area contributed by atoms with Gasteiger partial charge in [-0.1, -0.05) is 17.7 Å². The molecule has 0 aliphatic rings. The van der Waals surface area contributed by atoms with Gasteiger partial charge in [0.1, 0.15) is 0 Å². The summed E-state index contributed by atoms with van der Waals surface area (Å²) in [6, 6.07) is 4.69. The molecule has 2 aromatic carbocycles. The van der Waals surface area contributed by atoms with Crippen LogP contribution in [0.1, 0.15) is 11.1 Å². The van der Waals surface area contributed by atoms with Crippen molar-refractivity contribution in [1.82, 2.24) is 0 Å². The fourth-order valence-corrected chi connectivity index (χ4v) is 3.16. The monoisotopic (exact) mass is 403 g/mol. The first kappa shape index (κ1) is 19.4. The lowest BCUT2D eigenvalue weighted by Crippen LogP contribution is -2.15. The van der Waals surface area contributed by atoms with Gasteiger partial charge in [0.25, 0.3) is 10.0 Å². The van der Waals surface area contributed by atoms with E-state index in [1.807, 2.05) is 0 Å². The third-order valence-electron chi connectivity index (χ3n) is 3.01. The minimum atomic E-state index is -4.78. The smallest absolute Gasteiger partial charge is 0.278 e. The van der Waals surface area contributed by atoms with Gasteiger partial charge in [0.15, 0.2) is 0 Å². The van der Waals surface area contributed by atoms with Crippen molar-refractivity contribution in [1.29, 1.82) is 0 Å². The summed E-state index contributed by atoms with van der Waals surface area (Å²) in [4.78, 5) is -0.768. The number of anilines is 1. The quantitative estimate of drug-likeness (QED) is 0.718. The van der Waals surface area contributed by atoms with E-state index in [4.69, 9.17) is 11.6 Å². The van der Waals surface area contributed by atoms with E-state index in [0.717, 1.165) is 18.2 Å². The van der Waals surface area contributed by atoms with Crippen molar-refractivity contribution < 1.29 is 34.8 Å². The molecule has 0 aromatic heterocycles. The highest BCUT2D eigenvalue weighted by molar-refractivity contribution is 7.92. The largest absolute Gasteiger partial charge is 0.416 e. The number of sulfonamides is 1. The van der Waals surface area contributed by atoms with E-state index in [0.29, 0.717) is 24.3 Å². The second kappa shape index (κ2) is 6.41. The third kappa shape index (κ3) is 4.57. The van der Waals surface area contributed by atoms with E-state index in [1.165, 1.54) is 0 Å². The van der Waals surface area contributed by atoms with Crippen LogP contribution >= 0.6 is 11.6 Å². The molecule has 0 aliphatic carbocycles. The summed E-state index contributed by atoms with van der Waals surface area (Å²) in [5.41, 5.74) is -2.99. The Morgan fingerprint density at radius 2 is 1.40 bits per heavy atom. The summed E-state index contributed by atoms with van der Waals surface area (Å²) < 4.78 is 102. The lowest BCUT2D eigenvalue weighted by Gasteiger charge is -2.14. The molecule has 2 rings (SSSR count). The molecule has 0 heterocycles. The third-order valence-corrected chi connectivity index (χ3v) is 4.70. The van der Waals surface area contributed by atoms with Gasteiger partial charge < -0.3 is 0 Å². The predicted octanol–water partition coefficient (Wildman–Crippen LogP) is 5.18. The van der Waals surface area contributed by atoms with Gasteiger partial charge in [-0.3, -0.25) is 4.72 Å². The van der Waals surface area contributed by atoms with Crippen molar-refractivity contribution in [3.05, 3.63) is 58.6 Å². The molecular weight excluding hydrogens is 396 g/mol. The van der Waals surface area contributed by atoms with Gasteiger partial charge in [-0.2, -0.15) is 26.3 Å². The minimum Gasteiger partial charge on any atom is -0.278 e. The number of alkyl halides is 6. The second-order valence-electron chi connectivity index (χ2n) is 4.82. The molecule has 25 heavy (non-hydrogen) atoms. The summed E-state index contributed by atoms with van der Waals surface area (Å²) >= 11 is 5.67. The van der Waals surface area contributed by atoms with E-state index in [-0.39, 0.29) is 5.02 Å². The van der Waals surface area contributed by atoms with Crippen LogP contribution in [0, 0.1) is 0 Å². The number of benzene rings is 2. The predicted molar refractivity (Wildman–Crippen MR) is 78.7 cm³/mol. The zero-order valence-corrected chi connectivity index (χ0v) is 13.5. The molecule has 1 N–H and O–H groups in total. The van der Waals surface area contributed by atoms with Crippen LogP contribution in [0.15, 0.2) is 47.4 Å². The molecule has 0 saturated heterocycles. The molecule has 0 amide bonds. The van der Waals surface area contributed by atoms with Gasteiger partial charge in [0, 0.05) is 0 Å². The van der Waals surface area contributed by atoms with E-state index in [9.17, 15) is 34.8 Å². The van der Waals surface area contributed by atoms with Crippen molar-refractivity contribution in [2.75, 3.05) is 4.72 Å². The van der Waals surface area contributed by atoms with Gasteiger partial charge in [-0.25, -0.2) is 8.42 Å². The number of hydrogen-bond donors (Lipinski definition) is 1. The van der Waals surface area contributed by atoms with Crippen molar-refractivity contribution in [3.8, 4) is 0 Å². The van der Waals surface area contributed by atoms with Crippen LogP contribution < -0.4 is 4.72 Å². The maximum absolute atomic E-state index is 12.7. The molecule has 2 aromatic rings. The summed E-state index contributed by atoms with van der Waals surface area (Å²) in [5.74, 6) is 0. The van der Waals surface area contributed by atoms with E-state index in [1.54, 1.807) is 4.72 Å². The van der Waals surface area contributed by atoms with Crippen LogP contribution in [0.5, 0.6) is 0 Å². The Balaban J connectivity index is 2.43. The Morgan fingerprint density at radius 1 is 0.840 bits per heavy atom. The summed E-state index contributed by atoms with van der Waals surface area (Å²) in [6.45, 7) is 0. The highest BCUT2D eigenvalue weighted by atomic mass is 35.5. The van der Waals surface area contributed by atoms with Crippen LogP contribution in [0.4, 0.5) is 32.0 Å². The number of halogens is 7. The fourth-order valence-electron chi connectivity index (χ4n) is 1.82. The number of rotatable bonds is 3. The van der Waals surface area contributed by atoms with Crippen LogP contribution in [0.25, 0.3) is 0 Å². The first-order valence-corrected chi connectivity index (χ1v) is 8.23. The Hall–Kier alpha value is -1.94. The number of nitrogens with one attached hydrogen (secondary N) is 1. The topological polar surface area (TPSA) is 46.2 Å². The fraction of sp³-hybridized carbons (Fsp3) is 0.143. The van der Waals surface area contributed by atoms with Crippen LogP contribution in [-0.4, -0.2) is 8.42 Å². The van der Waals surface area contributed by atoms with Crippen molar-refractivity contribution in [3.63, 3.8) is 0 Å². The average molecular weight is 404 g/mol. The molecule has 0 saturated carbocycles. The first-order valence-electron chi connectivity index (χ1n) is 6.37. The summed E-state index contributed by atoms with van der Waals surface area (Å²) in [5, 5.41) is -0.344. The Labute approximate surface area is 143 Å². The molecule has 0 bridgehead atoms. The minimum absolute atomic E-state index is 0.344. The standard InChI is InChI=1S/C14H8ClF6NO2S/c15-11-5-4-9(14(19,20)21)7-12(11)22-25(23,24)10-3-1-2-8(6-10)13(16,17)18/h1-7,22H. The Kier molecular flexibility index (Phi) is 4.97. The van der Waals surface area contributed by atoms with Gasteiger partial charge in [-0.05, 0) is 36.4 Å². The lowest BCUT2D eigenvalue weighted by atomic mass is 10.2. The van der Waals surface area contributed by atoms with Gasteiger partial charge in [-0.15, -0.1) is 0 Å². The van der Waals surface area contributed by atoms with Gasteiger partial charge in [0.05, 0.1) is 26.7 Å². The number of hydrogen-bond acceptors (Lipinski definition) is 2. The normalized spacial score (nSPS) is 12.9. The molecule has 11 heteroatoms. The van der Waals surface area contributed by atoms with E-state index in [2.05, 4.69) is 0 Å². The van der Waals surface area contributed by atoms with Crippen LogP contribution in [0.2, 0.25) is 5.02 Å². The van der Waals surface area contributed by atoms with Crippen molar-refractivity contribution >= 4 is 27.3 Å². The zero-order chi connectivity index (χ0) is 19.0. The maximum atomic E-state index is 12.7. The molecule has 0 unspecified atom stereocenters. The van der Waals surface area contributed by atoms with Crippen molar-refractivity contribution in [2.24, 2.45) is 0 Å². The highest BCUT2D eigenvalue weighted by Crippen LogP contribution is 2.35. The maximum Gasteiger partial charge on any atom is 0.416 e. The Morgan fingerprint density at radius 3 is 1.96 bits per heavy atom. The molecule has 0 fully saturated rings. The van der Waals surface area contributed by atoms with E-state index < -0.39 is 44.1 Å². The molecule has 0 aliphatic heterocycles. The molecule has 3 nitrogen and oxygen atoms in total. The summed E-state index contributed by atoms with van der Waals surface area (Å²) in [7, 11) is -4.58. The van der Waals surface area contributed by atoms with Crippen LogP contribution in [0.3, 0.4) is 0 Å². The SMILES string of the molecule is O=S(=O)(Nc1cc(C(F)(F)F)ccc1Cl)c1cccc(C(F)(F)F)c1. The zero-order valence-electron chi connectivity index (χ0n) is 11.9. The molecular formula is C14H8ClF6NO2S. The molecule has 0 spiro atoms. The Bertz CT molecular complexity index is 893. The average Bonchev–Trinajstić information content (AvgIpc) is 2.47. The van der Waals surface area contributed by atoms with Gasteiger partial charge >= 0.3 is 12.4 Å². The molecule has 0 radical (unpaired) electrons. The second-order valence-corrected chi connectivity index (χ2v) is 6.91. The summed E-state index contributed by atoms with van der Waals surface area (Å²) in [6.07, 6.45) is -9.53. The lowest BCUT2D eigenvalue weighted by molar-refractivity contribution is -0.138. The van der Waals surface area contributed by atoms with Gasteiger partial charge in [0.2, 0.25) is 0 Å².